The minimum absolute atomic E-state index is 0.0926. The van der Waals surface area contributed by atoms with Gasteiger partial charge in [-0.15, -0.1) is 0 Å². The lowest BCUT2D eigenvalue weighted by Crippen LogP contribution is -2.27. The van der Waals surface area contributed by atoms with Gasteiger partial charge in [0, 0.05) is 121 Å². The van der Waals surface area contributed by atoms with E-state index in [0.29, 0.717) is 17.7 Å². The zero-order valence-corrected chi connectivity index (χ0v) is 62.5. The van der Waals surface area contributed by atoms with Crippen molar-refractivity contribution in [2.45, 2.75) is 12.5 Å². The van der Waals surface area contributed by atoms with E-state index in [1.807, 2.05) is 0 Å². The second-order valence-corrected chi connectivity index (χ2v) is 30.9. The van der Waals surface area contributed by atoms with E-state index in [-0.39, 0.29) is 6.04 Å². The van der Waals surface area contributed by atoms with Gasteiger partial charge in [0.15, 0.2) is 5.82 Å². The normalized spacial score (nSPS) is 13.7. The zero-order valence-electron chi connectivity index (χ0n) is 62.5. The Labute approximate surface area is 663 Å². The highest BCUT2D eigenvalue weighted by molar-refractivity contribution is 6.31. The van der Waals surface area contributed by atoms with Gasteiger partial charge in [0.05, 0.1) is 89.0 Å². The molecule has 0 N–H and O–H groups in total. The maximum Gasteiger partial charge on any atom is 0.240 e. The summed E-state index contributed by atoms with van der Waals surface area (Å²) in [5.41, 5.74) is 26.3. The highest BCUT2D eigenvalue weighted by Gasteiger charge is 2.38. The van der Waals surface area contributed by atoms with Crippen LogP contribution in [0.5, 0.6) is 0 Å². The van der Waals surface area contributed by atoms with Crippen LogP contribution < -0.4 is 4.90 Å². The monoisotopic (exact) mass is 1480 g/mol. The van der Waals surface area contributed by atoms with E-state index in [4.69, 9.17) is 15.0 Å². The molecule has 1 atom stereocenters. The number of hydrogen-bond donors (Lipinski definition) is 0. The Morgan fingerprint density at radius 1 is 0.233 bits per heavy atom. The van der Waals surface area contributed by atoms with Crippen molar-refractivity contribution in [3.8, 4) is 51.7 Å². The lowest BCUT2D eigenvalue weighted by Gasteiger charge is -2.29. The van der Waals surface area contributed by atoms with E-state index in [1.54, 1.807) is 0 Å². The molecular formula is C105H65N11. The molecule has 11 nitrogen and oxygen atoms in total. The average Bonchev–Trinajstić information content (AvgIpc) is 1.53. The largest absolute Gasteiger partial charge is 0.333 e. The Morgan fingerprint density at radius 2 is 0.560 bits per heavy atom. The molecule has 16 aromatic carbocycles. The molecule has 0 saturated carbocycles. The molecule has 0 spiro atoms. The number of aromatic nitrogens is 10. The van der Waals surface area contributed by atoms with E-state index in [0.717, 1.165) is 161 Å². The summed E-state index contributed by atoms with van der Waals surface area (Å²) in [7, 11) is 0. The maximum absolute atomic E-state index is 6.02. The molecule has 540 valence electrons. The number of nitrogens with zero attached hydrogens (tertiary/aromatic N) is 11. The van der Waals surface area contributed by atoms with Gasteiger partial charge in [-0.1, -0.05) is 267 Å². The summed E-state index contributed by atoms with van der Waals surface area (Å²) >= 11 is 0. The number of fused-ring (bicyclic) bond motifs is 28. The van der Waals surface area contributed by atoms with Gasteiger partial charge in [-0.05, 0) is 121 Å². The molecule has 26 rings (SSSR count). The number of anilines is 2. The minimum atomic E-state index is 0.0926. The van der Waals surface area contributed by atoms with Crippen LogP contribution in [-0.2, 0) is 0 Å². The second-order valence-electron chi connectivity index (χ2n) is 30.9. The van der Waals surface area contributed by atoms with Crippen molar-refractivity contribution in [3.63, 3.8) is 0 Å². The number of allylic oxidation sites excluding steroid dienone is 2. The number of para-hydroxylation sites is 9. The molecule has 2 aliphatic rings. The number of rotatable bonds is 9. The lowest BCUT2D eigenvalue weighted by atomic mass is 9.95. The number of hydrogen-bond acceptors (Lipinski definition) is 4. The standard InChI is InChI=1S/C105H65N11/c1-6-29-64(30-7-1)103-106-104(115-91-51-26-18-43-73(91)79-55-59-83-81-57-53-77-71-41-16-24-49-89(71)111(66-33-10-3-11-34-66)95(77)97(81)113(99(83)101(79)115)67-35-12-4-13-36-67)108-105(107-103)116-92-52-27-19-44-74(92)80-56-60-84-82-58-54-78-72-42-17-25-50-90(72)112(96(78)98(82)114(100(84)102(80)116)68-37-14-5-15-38-68)70-40-28-39-69(61-70)110-88-48-23-21-46-76(88)86-62-93-85(63-94(86)110)75-45-20-22-47-87(75)109(93)65-31-8-2-9-32-65/h1-47,49-63,88H,48H2. The predicted molar refractivity (Wildman–Crippen MR) is 480 cm³/mol. The average molecular weight is 1480 g/mol. The van der Waals surface area contributed by atoms with Gasteiger partial charge in [-0.25, -0.2) is 0 Å². The molecule has 1 aliphatic carbocycles. The van der Waals surface area contributed by atoms with Crippen LogP contribution in [0.25, 0.3) is 210 Å². The molecule has 0 amide bonds. The maximum atomic E-state index is 6.02. The Hall–Kier alpha value is -15.6. The van der Waals surface area contributed by atoms with E-state index in [2.05, 4.69) is 413 Å². The van der Waals surface area contributed by atoms with Gasteiger partial charge in [0.1, 0.15) is 0 Å². The van der Waals surface area contributed by atoms with Gasteiger partial charge in [0.2, 0.25) is 11.9 Å². The Morgan fingerprint density at radius 3 is 1.01 bits per heavy atom. The van der Waals surface area contributed by atoms with E-state index in [1.165, 1.54) is 54.8 Å². The molecule has 1 unspecified atom stereocenters. The van der Waals surface area contributed by atoms with Crippen molar-refractivity contribution in [3.05, 3.63) is 382 Å². The van der Waals surface area contributed by atoms with E-state index >= 15 is 0 Å². The highest BCUT2D eigenvalue weighted by atomic mass is 15.3. The van der Waals surface area contributed by atoms with Crippen LogP contribution in [0.4, 0.5) is 11.4 Å². The third-order valence-corrected chi connectivity index (χ3v) is 25.0. The van der Waals surface area contributed by atoms with Gasteiger partial charge in [0.25, 0.3) is 0 Å². The summed E-state index contributed by atoms with van der Waals surface area (Å²) in [6, 6.07) is 131. The van der Waals surface area contributed by atoms with Crippen LogP contribution in [0.2, 0.25) is 0 Å². The van der Waals surface area contributed by atoms with Crippen LogP contribution in [0.1, 0.15) is 12.0 Å². The molecule has 0 saturated heterocycles. The van der Waals surface area contributed by atoms with Crippen molar-refractivity contribution in [1.29, 1.82) is 0 Å². The van der Waals surface area contributed by atoms with Crippen molar-refractivity contribution >= 4 is 170 Å². The fraction of sp³-hybridized carbons (Fsp3) is 0.0190. The number of benzene rings is 16. The van der Waals surface area contributed by atoms with Gasteiger partial charge < -0.3 is 27.7 Å². The molecule has 0 fully saturated rings. The lowest BCUT2D eigenvalue weighted by molar-refractivity contribution is 0.829. The highest BCUT2D eigenvalue weighted by Crippen LogP contribution is 2.53. The molecular weight excluding hydrogens is 1420 g/mol. The molecule has 1 aliphatic heterocycles. The molecule has 8 aromatic heterocycles. The molecule has 11 heteroatoms. The van der Waals surface area contributed by atoms with Gasteiger partial charge >= 0.3 is 0 Å². The Balaban J connectivity index is 0.746. The zero-order chi connectivity index (χ0) is 75.5. The summed E-state index contributed by atoms with van der Waals surface area (Å²) in [6.07, 6.45) is 7.81. The topological polar surface area (TPSA) is 76.4 Å². The molecule has 0 radical (unpaired) electrons. The van der Waals surface area contributed by atoms with E-state index in [9.17, 15) is 0 Å². The second kappa shape index (κ2) is 24.0. The fourth-order valence-electron chi connectivity index (χ4n) is 20.3. The Kier molecular flexibility index (Phi) is 13.0. The first-order valence-electron chi connectivity index (χ1n) is 39.9. The van der Waals surface area contributed by atoms with Crippen LogP contribution in [0.15, 0.2) is 376 Å². The van der Waals surface area contributed by atoms with E-state index < -0.39 is 0 Å². The third kappa shape index (κ3) is 8.66. The SMILES string of the molecule is C1=CCC2C(=C1)c1cc3c(cc1N2c1cccc(-n2c4ccccc4c4ccc5c6ccc7c8ccccc8n(-c8nc(-c9ccccc9)nc(-n9c%10ccccc%10c%10ccc%11c%12ccc%13c%14ccccc%14n(-c%14ccccc%14)c%13c%12n(-c%12ccccc%12)c%11c%109)n8)c7c6n(-c6ccccc6)c5c42)c1)c1ccccc1n3-c1ccccc1. The summed E-state index contributed by atoms with van der Waals surface area (Å²) in [6.45, 7) is 0. The van der Waals surface area contributed by atoms with Gasteiger partial charge in [-0.2, -0.15) is 15.0 Å². The molecule has 0 bridgehead atoms. The first kappa shape index (κ1) is 63.1. The van der Waals surface area contributed by atoms with Crippen molar-refractivity contribution < 1.29 is 0 Å². The van der Waals surface area contributed by atoms with Crippen LogP contribution in [0.3, 0.4) is 0 Å². The van der Waals surface area contributed by atoms with Crippen LogP contribution >= 0.6 is 0 Å². The van der Waals surface area contributed by atoms with Crippen LogP contribution in [-0.4, -0.2) is 53.0 Å². The molecule has 24 aromatic rings. The van der Waals surface area contributed by atoms with Crippen molar-refractivity contribution in [1.82, 2.24) is 46.9 Å². The van der Waals surface area contributed by atoms with Gasteiger partial charge in [-0.3, -0.25) is 9.13 Å². The van der Waals surface area contributed by atoms with Crippen LogP contribution in [0, 0.1) is 0 Å². The fourth-order valence-corrected chi connectivity index (χ4v) is 20.3. The summed E-state index contributed by atoms with van der Waals surface area (Å²) in [5, 5.41) is 16.0. The third-order valence-electron chi connectivity index (χ3n) is 25.0. The Bertz CT molecular complexity index is 8420. The van der Waals surface area contributed by atoms with Crippen molar-refractivity contribution in [2.24, 2.45) is 0 Å². The molecule has 9 heterocycles. The van der Waals surface area contributed by atoms with Crippen molar-refractivity contribution in [2.75, 3.05) is 4.90 Å². The first-order chi connectivity index (χ1) is 57.6. The summed E-state index contributed by atoms with van der Waals surface area (Å²) < 4.78 is 17.2. The predicted octanol–water partition coefficient (Wildman–Crippen LogP) is 26.1. The summed E-state index contributed by atoms with van der Waals surface area (Å²) in [5.74, 6) is 1.52. The molecule has 116 heavy (non-hydrogen) atoms. The quantitative estimate of drug-likeness (QED) is 0.144. The minimum Gasteiger partial charge on any atom is -0.333 e. The summed E-state index contributed by atoms with van der Waals surface area (Å²) in [4.78, 5) is 20.2. The first-order valence-corrected chi connectivity index (χ1v) is 39.9. The smallest absolute Gasteiger partial charge is 0.240 e.